The number of rotatable bonds is 4. The summed E-state index contributed by atoms with van der Waals surface area (Å²) in [6.07, 6.45) is 2.70. The monoisotopic (exact) mass is 634 g/mol. The Kier molecular flexibility index (Phi) is 6.69. The van der Waals surface area contributed by atoms with Crippen LogP contribution in [0.4, 0.5) is 0 Å². The molecule has 3 aliphatic heterocycles. The third kappa shape index (κ3) is 3.57. The van der Waals surface area contributed by atoms with Gasteiger partial charge in [0.2, 0.25) is 0 Å². The maximum atomic E-state index is 12.8. The number of aliphatic hydroxyl groups excluding tert-OH is 4. The van der Waals surface area contributed by atoms with E-state index in [1.54, 1.807) is 7.11 Å². The predicted octanol–water partition coefficient (Wildman–Crippen LogP) is 3.78. The van der Waals surface area contributed by atoms with Crippen LogP contribution in [0.5, 0.6) is 0 Å². The topological polar surface area (TPSA) is 127 Å². The number of methoxy groups -OCH3 is 1. The van der Waals surface area contributed by atoms with Gasteiger partial charge in [-0.3, -0.25) is 0 Å². The summed E-state index contributed by atoms with van der Waals surface area (Å²) in [5.41, 5.74) is -0.717. The Bertz CT molecular complexity index is 1220. The molecule has 3 saturated heterocycles. The molecule has 8 aliphatic rings. The molecular formula is C36H58O9. The Morgan fingerprint density at radius 2 is 1.53 bits per heavy atom. The van der Waals surface area contributed by atoms with E-state index in [1.807, 2.05) is 0 Å². The van der Waals surface area contributed by atoms with Crippen molar-refractivity contribution in [1.82, 2.24) is 0 Å². The van der Waals surface area contributed by atoms with Gasteiger partial charge in [-0.2, -0.15) is 0 Å². The molecule has 3 heterocycles. The van der Waals surface area contributed by atoms with Crippen molar-refractivity contribution in [3.8, 4) is 0 Å². The molecule has 0 amide bonds. The molecule has 0 unspecified atom stereocenters. The maximum absolute atomic E-state index is 12.8. The lowest BCUT2D eigenvalue weighted by Crippen LogP contribution is -2.61. The third-order valence-electron chi connectivity index (χ3n) is 16.4. The molecule has 8 rings (SSSR count). The van der Waals surface area contributed by atoms with Gasteiger partial charge in [0.25, 0.3) is 0 Å². The number of ether oxygens (including phenoxy) is 5. The fraction of sp³-hybridized carbons (Fsp3) is 1.00. The van der Waals surface area contributed by atoms with Crippen LogP contribution < -0.4 is 0 Å². The Morgan fingerprint density at radius 3 is 2.24 bits per heavy atom. The highest BCUT2D eigenvalue weighted by atomic mass is 16.8. The highest BCUT2D eigenvalue weighted by Crippen LogP contribution is 2.90. The zero-order chi connectivity index (χ0) is 32.3. The molecule has 17 atom stereocenters. The molecular weight excluding hydrogens is 576 g/mol. The Balaban J connectivity index is 1.10. The molecule has 3 spiro atoms. The molecule has 0 radical (unpaired) electrons. The lowest BCUT2D eigenvalue weighted by atomic mass is 9.41. The molecule has 0 aromatic carbocycles. The summed E-state index contributed by atoms with van der Waals surface area (Å²) in [5.74, 6) is 0.346. The molecule has 9 heteroatoms. The van der Waals surface area contributed by atoms with E-state index < -0.39 is 42.1 Å². The Hall–Kier alpha value is -0.360. The second kappa shape index (κ2) is 9.45. The number of aliphatic hydroxyl groups is 4. The van der Waals surface area contributed by atoms with E-state index in [9.17, 15) is 20.4 Å². The van der Waals surface area contributed by atoms with E-state index in [0.29, 0.717) is 17.8 Å². The minimum atomic E-state index is -1.28. The van der Waals surface area contributed by atoms with Crippen LogP contribution in [-0.2, 0) is 23.7 Å². The van der Waals surface area contributed by atoms with Crippen LogP contribution in [0.25, 0.3) is 0 Å². The first kappa shape index (κ1) is 31.9. The van der Waals surface area contributed by atoms with Crippen LogP contribution in [0.1, 0.15) is 99.8 Å². The van der Waals surface area contributed by atoms with Crippen molar-refractivity contribution in [1.29, 1.82) is 0 Å². The normalized spacial score (nSPS) is 61.1. The lowest BCUT2D eigenvalue weighted by Gasteiger charge is -2.63. The molecule has 5 saturated carbocycles. The zero-order valence-corrected chi connectivity index (χ0v) is 28.6. The summed E-state index contributed by atoms with van der Waals surface area (Å²) < 4.78 is 32.1. The quantitative estimate of drug-likeness (QED) is 0.342. The smallest absolute Gasteiger partial charge is 0.199 e. The molecule has 2 bridgehead atoms. The molecule has 4 N–H and O–H groups in total. The SMILES string of the molecule is COC(C)(C)[C@@H]1O[C@]23O[C@@H]1C[C@@H](C)[C@@H]2[C@@]1(C)CC[C@@]24C[C@@]25CC[C@H](O[C@@H]2OC[C@H](O)[C@H](O)[C@H]2O)C(C)(C)[C@H]5CC[C@H]4[C@]1(C)[C@H]3O. The van der Waals surface area contributed by atoms with Crippen molar-refractivity contribution < 1.29 is 44.1 Å². The number of hydrogen-bond donors (Lipinski definition) is 4. The molecule has 8 fully saturated rings. The average molecular weight is 635 g/mol. The largest absolute Gasteiger partial charge is 0.388 e. The van der Waals surface area contributed by atoms with Gasteiger partial charge in [-0.15, -0.1) is 0 Å². The van der Waals surface area contributed by atoms with Crippen molar-refractivity contribution in [2.24, 2.45) is 50.7 Å². The lowest BCUT2D eigenvalue weighted by molar-refractivity contribution is -0.303. The van der Waals surface area contributed by atoms with Crippen molar-refractivity contribution in [3.05, 3.63) is 0 Å². The summed E-state index contributed by atoms with van der Waals surface area (Å²) in [5, 5.41) is 43.6. The Labute approximate surface area is 268 Å². The molecule has 9 nitrogen and oxygen atoms in total. The first-order chi connectivity index (χ1) is 21.0. The van der Waals surface area contributed by atoms with Gasteiger partial charge in [-0.1, -0.05) is 34.6 Å². The highest BCUT2D eigenvalue weighted by Gasteiger charge is 2.88. The fourth-order valence-corrected chi connectivity index (χ4v) is 14.1. The first-order valence-corrected chi connectivity index (χ1v) is 17.9. The summed E-state index contributed by atoms with van der Waals surface area (Å²) >= 11 is 0. The highest BCUT2D eigenvalue weighted by molar-refractivity contribution is 5.34. The summed E-state index contributed by atoms with van der Waals surface area (Å²) in [6.45, 7) is 16.0. The second-order valence-electron chi connectivity index (χ2n) is 18.4. The minimum Gasteiger partial charge on any atom is -0.388 e. The zero-order valence-electron chi connectivity index (χ0n) is 28.6. The molecule has 5 aliphatic carbocycles. The second-order valence-corrected chi connectivity index (χ2v) is 18.4. The first-order valence-electron chi connectivity index (χ1n) is 17.9. The molecule has 45 heavy (non-hydrogen) atoms. The number of fused-ring (bicyclic) bond motifs is 4. The van der Waals surface area contributed by atoms with Crippen molar-refractivity contribution in [2.75, 3.05) is 13.7 Å². The number of hydrogen-bond acceptors (Lipinski definition) is 9. The predicted molar refractivity (Wildman–Crippen MR) is 164 cm³/mol. The van der Waals surface area contributed by atoms with Crippen molar-refractivity contribution >= 4 is 0 Å². The van der Waals surface area contributed by atoms with Crippen molar-refractivity contribution in [3.63, 3.8) is 0 Å². The van der Waals surface area contributed by atoms with Crippen LogP contribution >= 0.6 is 0 Å². The van der Waals surface area contributed by atoms with Crippen LogP contribution in [0.2, 0.25) is 0 Å². The summed E-state index contributed by atoms with van der Waals surface area (Å²) in [7, 11) is 1.74. The van der Waals surface area contributed by atoms with Gasteiger partial charge in [0.15, 0.2) is 12.1 Å². The summed E-state index contributed by atoms with van der Waals surface area (Å²) in [6, 6.07) is 0. The Morgan fingerprint density at radius 1 is 0.844 bits per heavy atom. The van der Waals surface area contributed by atoms with Crippen molar-refractivity contribution in [2.45, 2.75) is 160 Å². The van der Waals surface area contributed by atoms with E-state index in [-0.39, 0.29) is 57.9 Å². The van der Waals surface area contributed by atoms with E-state index in [0.717, 1.165) is 38.5 Å². The van der Waals surface area contributed by atoms with E-state index in [2.05, 4.69) is 48.5 Å². The van der Waals surface area contributed by atoms with Gasteiger partial charge in [0.1, 0.15) is 30.5 Å². The molecule has 0 aromatic heterocycles. The van der Waals surface area contributed by atoms with Crippen LogP contribution in [0, 0.1) is 50.7 Å². The van der Waals surface area contributed by atoms with E-state index >= 15 is 0 Å². The van der Waals surface area contributed by atoms with Gasteiger partial charge >= 0.3 is 0 Å². The average Bonchev–Trinajstić information content (AvgIpc) is 3.50. The van der Waals surface area contributed by atoms with Gasteiger partial charge in [-0.05, 0) is 105 Å². The standard InChI is InChI=1S/C36H58O9/c1-18-15-20-27(31(4,5)41-8)45-36(44-20)26(18)32(6)13-14-35-17-34(35)12-11-23(43-28-25(39)24(38)19(37)16-42-28)30(2,3)21(34)9-10-22(35)33(32,7)29(36)40/h18-29,37-40H,9-17H2,1-8H3/t18-,19+,20-,21-,22+,23+,24+,25-,26-,27-,28+,29-,32-,33-,34-,35+,36-/m1/s1. The van der Waals surface area contributed by atoms with E-state index in [4.69, 9.17) is 23.7 Å². The van der Waals surface area contributed by atoms with Crippen LogP contribution in [0.15, 0.2) is 0 Å². The maximum Gasteiger partial charge on any atom is 0.199 e. The van der Waals surface area contributed by atoms with Gasteiger partial charge < -0.3 is 44.1 Å². The molecule has 0 aromatic rings. The fourth-order valence-electron chi connectivity index (χ4n) is 14.1. The van der Waals surface area contributed by atoms with Crippen LogP contribution in [0.3, 0.4) is 0 Å². The summed E-state index contributed by atoms with van der Waals surface area (Å²) in [4.78, 5) is 0. The van der Waals surface area contributed by atoms with Gasteiger partial charge in [0, 0.05) is 18.4 Å². The van der Waals surface area contributed by atoms with E-state index in [1.165, 1.54) is 12.8 Å². The van der Waals surface area contributed by atoms with Gasteiger partial charge in [0.05, 0.1) is 24.4 Å². The van der Waals surface area contributed by atoms with Gasteiger partial charge in [-0.25, -0.2) is 0 Å². The minimum absolute atomic E-state index is 0.0487. The molecule has 256 valence electrons. The third-order valence-corrected chi connectivity index (χ3v) is 16.4. The van der Waals surface area contributed by atoms with Crippen LogP contribution in [-0.4, -0.2) is 94.5 Å².